The Balaban J connectivity index is 1.35. The normalized spacial score (nSPS) is 13.4. The van der Waals surface area contributed by atoms with Crippen LogP contribution in [0.15, 0.2) is 109 Å². The molecule has 0 radical (unpaired) electrons. The van der Waals surface area contributed by atoms with Crippen LogP contribution in [0.5, 0.6) is 0 Å². The summed E-state index contributed by atoms with van der Waals surface area (Å²) in [5, 5.41) is 0. The van der Waals surface area contributed by atoms with Gasteiger partial charge in [0.15, 0.2) is 0 Å². The van der Waals surface area contributed by atoms with Crippen LogP contribution in [0.1, 0.15) is 21.5 Å². The maximum absolute atomic E-state index is 12.9. The number of nitrogens with two attached hydrogens (primary N) is 1. The molecular formula is C31H32N4O. The van der Waals surface area contributed by atoms with Gasteiger partial charge >= 0.3 is 0 Å². The number of nitrogens with zero attached hydrogens (tertiary/aromatic N) is 3. The topological polar surface area (TPSA) is 52.8 Å². The van der Waals surface area contributed by atoms with E-state index in [9.17, 15) is 4.79 Å². The quantitative estimate of drug-likeness (QED) is 0.361. The second kappa shape index (κ2) is 11.0. The molecule has 0 bridgehead atoms. The number of nitrogen functional groups attached to an aromatic ring is 1. The zero-order chi connectivity index (χ0) is 24.7. The highest BCUT2D eigenvalue weighted by Crippen LogP contribution is 2.32. The second-order valence-corrected chi connectivity index (χ2v) is 9.22. The van der Waals surface area contributed by atoms with Crippen molar-refractivity contribution in [3.8, 4) is 0 Å². The van der Waals surface area contributed by atoms with E-state index in [4.69, 9.17) is 5.73 Å². The number of benzene rings is 4. The molecule has 1 fully saturated rings. The summed E-state index contributed by atoms with van der Waals surface area (Å²) in [5.41, 5.74) is 12.7. The van der Waals surface area contributed by atoms with Gasteiger partial charge in [-0.2, -0.15) is 0 Å². The molecule has 5 heteroatoms. The van der Waals surface area contributed by atoms with E-state index in [0.717, 1.165) is 48.8 Å². The van der Waals surface area contributed by atoms with Crippen molar-refractivity contribution in [2.45, 2.75) is 13.1 Å². The Morgan fingerprint density at radius 2 is 1.22 bits per heavy atom. The zero-order valence-corrected chi connectivity index (χ0v) is 20.5. The highest BCUT2D eigenvalue weighted by Gasteiger charge is 2.23. The molecule has 0 saturated carbocycles. The molecule has 36 heavy (non-hydrogen) atoms. The van der Waals surface area contributed by atoms with Gasteiger partial charge in [-0.1, -0.05) is 78.9 Å². The third kappa shape index (κ3) is 5.52. The molecule has 2 N–H and O–H groups in total. The lowest BCUT2D eigenvalue weighted by atomic mass is 10.1. The SMILES string of the molecule is Nc1ccc(N2CCN(C(=O)c3ccccc3)CC2)cc1N(Cc1ccccc1)Cc1ccccc1. The summed E-state index contributed by atoms with van der Waals surface area (Å²) in [5.74, 6) is 0.102. The Bertz CT molecular complexity index is 1230. The van der Waals surface area contributed by atoms with Gasteiger partial charge in [-0.3, -0.25) is 4.79 Å². The lowest BCUT2D eigenvalue weighted by Gasteiger charge is -2.37. The second-order valence-electron chi connectivity index (χ2n) is 9.22. The number of carbonyl (C=O) groups is 1. The number of hydrogen-bond donors (Lipinski definition) is 1. The summed E-state index contributed by atoms with van der Waals surface area (Å²) in [6, 6.07) is 36.8. The molecule has 5 rings (SSSR count). The van der Waals surface area contributed by atoms with Gasteiger partial charge in [0.05, 0.1) is 11.4 Å². The van der Waals surface area contributed by atoms with E-state index in [-0.39, 0.29) is 5.91 Å². The number of rotatable bonds is 7. The molecule has 1 saturated heterocycles. The minimum absolute atomic E-state index is 0.102. The minimum atomic E-state index is 0.102. The van der Waals surface area contributed by atoms with Crippen molar-refractivity contribution in [1.82, 2.24) is 4.90 Å². The maximum atomic E-state index is 12.9. The molecule has 4 aromatic carbocycles. The Morgan fingerprint density at radius 1 is 0.694 bits per heavy atom. The van der Waals surface area contributed by atoms with Gasteiger partial charge in [0, 0.05) is 50.5 Å². The van der Waals surface area contributed by atoms with Gasteiger partial charge in [-0.25, -0.2) is 0 Å². The monoisotopic (exact) mass is 476 g/mol. The Kier molecular flexibility index (Phi) is 7.17. The van der Waals surface area contributed by atoms with Crippen LogP contribution in [0.25, 0.3) is 0 Å². The molecule has 0 atom stereocenters. The number of amides is 1. The van der Waals surface area contributed by atoms with Gasteiger partial charge < -0.3 is 20.4 Å². The van der Waals surface area contributed by atoms with Crippen LogP contribution < -0.4 is 15.5 Å². The molecule has 0 unspecified atom stereocenters. The van der Waals surface area contributed by atoms with Gasteiger partial charge in [0.1, 0.15) is 0 Å². The molecule has 0 aliphatic carbocycles. The highest BCUT2D eigenvalue weighted by molar-refractivity contribution is 5.94. The van der Waals surface area contributed by atoms with E-state index in [1.165, 1.54) is 11.1 Å². The van der Waals surface area contributed by atoms with Gasteiger partial charge in [-0.05, 0) is 41.5 Å². The molecule has 0 spiro atoms. The average Bonchev–Trinajstić information content (AvgIpc) is 2.94. The third-order valence-corrected chi connectivity index (χ3v) is 6.74. The van der Waals surface area contributed by atoms with E-state index in [2.05, 4.69) is 70.5 Å². The summed E-state index contributed by atoms with van der Waals surface area (Å²) in [7, 11) is 0. The van der Waals surface area contributed by atoms with Crippen molar-refractivity contribution < 1.29 is 4.79 Å². The van der Waals surface area contributed by atoms with E-state index in [0.29, 0.717) is 13.1 Å². The Labute approximate surface area is 213 Å². The summed E-state index contributed by atoms with van der Waals surface area (Å²) >= 11 is 0. The molecule has 1 aliphatic rings. The predicted molar refractivity (Wildman–Crippen MR) is 148 cm³/mol. The molecule has 0 aromatic heterocycles. The Hall–Kier alpha value is -4.25. The van der Waals surface area contributed by atoms with Crippen molar-refractivity contribution in [3.63, 3.8) is 0 Å². The minimum Gasteiger partial charge on any atom is -0.397 e. The molecule has 5 nitrogen and oxygen atoms in total. The molecular weight excluding hydrogens is 444 g/mol. The number of piperazine rings is 1. The lowest BCUT2D eigenvalue weighted by molar-refractivity contribution is 0.0747. The van der Waals surface area contributed by atoms with Gasteiger partial charge in [0.2, 0.25) is 0 Å². The Morgan fingerprint density at radius 3 is 1.78 bits per heavy atom. The van der Waals surface area contributed by atoms with Crippen LogP contribution in [0.4, 0.5) is 17.1 Å². The predicted octanol–water partition coefficient (Wildman–Crippen LogP) is 5.44. The van der Waals surface area contributed by atoms with Crippen LogP contribution in [0, 0.1) is 0 Å². The smallest absolute Gasteiger partial charge is 0.253 e. The first-order valence-corrected chi connectivity index (χ1v) is 12.5. The van der Waals surface area contributed by atoms with Gasteiger partial charge in [-0.15, -0.1) is 0 Å². The fraction of sp³-hybridized carbons (Fsp3) is 0.194. The first-order valence-electron chi connectivity index (χ1n) is 12.5. The van der Waals surface area contributed by atoms with Crippen LogP contribution in [0.2, 0.25) is 0 Å². The molecule has 1 aliphatic heterocycles. The van der Waals surface area contributed by atoms with E-state index < -0.39 is 0 Å². The van der Waals surface area contributed by atoms with E-state index >= 15 is 0 Å². The van der Waals surface area contributed by atoms with Crippen molar-refractivity contribution >= 4 is 23.0 Å². The fourth-order valence-electron chi connectivity index (χ4n) is 4.77. The van der Waals surface area contributed by atoms with Crippen LogP contribution in [0.3, 0.4) is 0 Å². The van der Waals surface area contributed by atoms with Gasteiger partial charge in [0.25, 0.3) is 5.91 Å². The maximum Gasteiger partial charge on any atom is 0.253 e. The van der Waals surface area contributed by atoms with Crippen LogP contribution >= 0.6 is 0 Å². The van der Waals surface area contributed by atoms with Crippen molar-refractivity contribution in [2.24, 2.45) is 0 Å². The summed E-state index contributed by atoms with van der Waals surface area (Å²) < 4.78 is 0. The number of carbonyl (C=O) groups excluding carboxylic acids is 1. The highest BCUT2D eigenvalue weighted by atomic mass is 16.2. The van der Waals surface area contributed by atoms with E-state index in [1.54, 1.807) is 0 Å². The molecule has 4 aromatic rings. The van der Waals surface area contributed by atoms with E-state index in [1.807, 2.05) is 53.4 Å². The van der Waals surface area contributed by atoms with Crippen LogP contribution in [-0.4, -0.2) is 37.0 Å². The number of hydrogen-bond acceptors (Lipinski definition) is 4. The zero-order valence-electron chi connectivity index (χ0n) is 20.5. The van der Waals surface area contributed by atoms with Crippen molar-refractivity contribution in [2.75, 3.05) is 41.7 Å². The molecule has 1 heterocycles. The first kappa shape index (κ1) is 23.5. The first-order chi connectivity index (χ1) is 17.7. The summed E-state index contributed by atoms with van der Waals surface area (Å²) in [4.78, 5) is 19.5. The molecule has 182 valence electrons. The summed E-state index contributed by atoms with van der Waals surface area (Å²) in [6.45, 7) is 4.51. The van der Waals surface area contributed by atoms with Crippen molar-refractivity contribution in [3.05, 3.63) is 126 Å². The number of anilines is 3. The molecule has 1 amide bonds. The van der Waals surface area contributed by atoms with Crippen LogP contribution in [-0.2, 0) is 13.1 Å². The summed E-state index contributed by atoms with van der Waals surface area (Å²) in [6.07, 6.45) is 0. The standard InChI is InChI=1S/C31H32N4O/c32-29-17-16-28(33-18-20-34(21-19-33)31(36)27-14-8-3-9-15-27)22-30(29)35(23-25-10-4-1-5-11-25)24-26-12-6-2-7-13-26/h1-17,22H,18-21,23-24,32H2. The van der Waals surface area contributed by atoms with Crippen molar-refractivity contribution in [1.29, 1.82) is 0 Å². The third-order valence-electron chi connectivity index (χ3n) is 6.74. The largest absolute Gasteiger partial charge is 0.397 e. The lowest BCUT2D eigenvalue weighted by Crippen LogP contribution is -2.48. The fourth-order valence-corrected chi connectivity index (χ4v) is 4.77. The average molecular weight is 477 g/mol.